The van der Waals surface area contributed by atoms with Crippen LogP contribution in [0.25, 0.3) is 20.8 Å². The number of anilines is 1. The van der Waals surface area contributed by atoms with Crippen molar-refractivity contribution in [2.75, 3.05) is 4.72 Å². The Kier molecular flexibility index (Phi) is 4.45. The highest BCUT2D eigenvalue weighted by molar-refractivity contribution is 7.92. The Labute approximate surface area is 162 Å². The Morgan fingerprint density at radius 1 is 0.889 bits per heavy atom. The molecular formula is C21H18N2O2S2. The summed E-state index contributed by atoms with van der Waals surface area (Å²) in [6, 6.07) is 20.4. The molecule has 136 valence electrons. The first-order valence-corrected chi connectivity index (χ1v) is 10.8. The van der Waals surface area contributed by atoms with E-state index in [9.17, 15) is 8.42 Å². The van der Waals surface area contributed by atoms with Crippen LogP contribution in [0.2, 0.25) is 0 Å². The maximum Gasteiger partial charge on any atom is 0.261 e. The molecule has 0 radical (unpaired) electrons. The van der Waals surface area contributed by atoms with Gasteiger partial charge in [-0.2, -0.15) is 0 Å². The van der Waals surface area contributed by atoms with E-state index >= 15 is 0 Å². The molecule has 0 aliphatic rings. The standard InChI is InChI=1S/C21H18N2O2S2/c1-14-10-12-16(13-11-14)27(24,25)23-18-8-5-6-17(15(18)2)21-22-19-7-3-4-9-20(19)26-21/h3-13,23H,1-2H3. The third kappa shape index (κ3) is 3.46. The number of thiazole rings is 1. The highest BCUT2D eigenvalue weighted by atomic mass is 32.2. The number of rotatable bonds is 4. The molecule has 0 aliphatic heterocycles. The molecule has 1 heterocycles. The summed E-state index contributed by atoms with van der Waals surface area (Å²) in [5.41, 5.74) is 4.31. The van der Waals surface area contributed by atoms with Crippen LogP contribution in [0.3, 0.4) is 0 Å². The highest BCUT2D eigenvalue weighted by Crippen LogP contribution is 2.35. The fourth-order valence-corrected chi connectivity index (χ4v) is 5.06. The minimum absolute atomic E-state index is 0.248. The summed E-state index contributed by atoms with van der Waals surface area (Å²) in [6.07, 6.45) is 0. The number of hydrogen-bond donors (Lipinski definition) is 1. The molecule has 0 unspecified atom stereocenters. The van der Waals surface area contributed by atoms with Gasteiger partial charge in [0.05, 0.1) is 20.8 Å². The number of hydrogen-bond acceptors (Lipinski definition) is 4. The summed E-state index contributed by atoms with van der Waals surface area (Å²) in [7, 11) is -3.64. The van der Waals surface area contributed by atoms with Gasteiger partial charge in [-0.05, 0) is 49.7 Å². The Balaban J connectivity index is 1.72. The Bertz CT molecular complexity index is 1190. The van der Waals surface area contributed by atoms with E-state index in [0.717, 1.165) is 31.9 Å². The van der Waals surface area contributed by atoms with E-state index in [-0.39, 0.29) is 4.90 Å². The molecule has 27 heavy (non-hydrogen) atoms. The zero-order valence-corrected chi connectivity index (χ0v) is 16.6. The van der Waals surface area contributed by atoms with Crippen LogP contribution < -0.4 is 4.72 Å². The normalized spacial score (nSPS) is 11.6. The van der Waals surface area contributed by atoms with Crippen LogP contribution in [0.4, 0.5) is 5.69 Å². The Hall–Kier alpha value is -2.70. The van der Waals surface area contributed by atoms with Crippen molar-refractivity contribution in [3.63, 3.8) is 0 Å². The first-order chi connectivity index (χ1) is 12.9. The zero-order chi connectivity index (χ0) is 19.0. The molecule has 4 nitrogen and oxygen atoms in total. The van der Waals surface area contributed by atoms with E-state index in [2.05, 4.69) is 4.72 Å². The summed E-state index contributed by atoms with van der Waals surface area (Å²) >= 11 is 1.60. The van der Waals surface area contributed by atoms with Gasteiger partial charge in [0.15, 0.2) is 0 Å². The molecule has 0 saturated heterocycles. The smallest absolute Gasteiger partial charge is 0.261 e. The highest BCUT2D eigenvalue weighted by Gasteiger charge is 2.17. The number of nitrogens with zero attached hydrogens (tertiary/aromatic N) is 1. The molecular weight excluding hydrogens is 376 g/mol. The zero-order valence-electron chi connectivity index (χ0n) is 14.9. The number of benzene rings is 3. The van der Waals surface area contributed by atoms with Crippen LogP contribution in [0.5, 0.6) is 0 Å². The van der Waals surface area contributed by atoms with Gasteiger partial charge in [0.2, 0.25) is 0 Å². The number of aryl methyl sites for hydroxylation is 1. The topological polar surface area (TPSA) is 59.1 Å². The summed E-state index contributed by atoms with van der Waals surface area (Å²) in [5, 5.41) is 0.880. The van der Waals surface area contributed by atoms with Crippen molar-refractivity contribution in [2.24, 2.45) is 0 Å². The first kappa shape index (κ1) is 17.7. The van der Waals surface area contributed by atoms with Crippen LogP contribution in [0.15, 0.2) is 71.6 Å². The quantitative estimate of drug-likeness (QED) is 0.505. The van der Waals surface area contributed by atoms with Gasteiger partial charge in [0.25, 0.3) is 10.0 Å². The third-order valence-electron chi connectivity index (χ3n) is 4.43. The molecule has 4 rings (SSSR count). The number of sulfonamides is 1. The second-order valence-corrected chi connectivity index (χ2v) is 9.10. The van der Waals surface area contributed by atoms with E-state index in [4.69, 9.17) is 4.98 Å². The SMILES string of the molecule is Cc1ccc(S(=O)(=O)Nc2cccc(-c3nc4ccccc4s3)c2C)cc1. The third-order valence-corrected chi connectivity index (χ3v) is 6.88. The molecule has 6 heteroatoms. The fraction of sp³-hybridized carbons (Fsp3) is 0.0952. The van der Waals surface area contributed by atoms with Crippen molar-refractivity contribution >= 4 is 37.3 Å². The van der Waals surface area contributed by atoms with Gasteiger partial charge < -0.3 is 0 Å². The fourth-order valence-electron chi connectivity index (χ4n) is 2.89. The molecule has 1 aromatic heterocycles. The van der Waals surface area contributed by atoms with E-state index in [1.807, 2.05) is 50.2 Å². The summed E-state index contributed by atoms with van der Waals surface area (Å²) < 4.78 is 29.3. The van der Waals surface area contributed by atoms with Gasteiger partial charge in [0.1, 0.15) is 5.01 Å². The summed E-state index contributed by atoms with van der Waals surface area (Å²) in [4.78, 5) is 4.94. The van der Waals surface area contributed by atoms with Gasteiger partial charge in [-0.1, -0.05) is 42.0 Å². The Morgan fingerprint density at radius 3 is 2.37 bits per heavy atom. The monoisotopic (exact) mass is 394 g/mol. The number of para-hydroxylation sites is 1. The second kappa shape index (κ2) is 6.79. The van der Waals surface area contributed by atoms with Gasteiger partial charge in [0, 0.05) is 5.56 Å². The maximum absolute atomic E-state index is 12.7. The summed E-state index contributed by atoms with van der Waals surface area (Å²) in [5.74, 6) is 0. The van der Waals surface area contributed by atoms with Crippen molar-refractivity contribution in [3.05, 3.63) is 77.9 Å². The molecule has 4 aromatic rings. The minimum Gasteiger partial charge on any atom is -0.279 e. The molecule has 1 N–H and O–H groups in total. The maximum atomic E-state index is 12.7. The molecule has 3 aromatic carbocycles. The second-order valence-electron chi connectivity index (χ2n) is 6.38. The lowest BCUT2D eigenvalue weighted by Crippen LogP contribution is -2.14. The molecule has 0 bridgehead atoms. The largest absolute Gasteiger partial charge is 0.279 e. The average molecular weight is 395 g/mol. The van der Waals surface area contributed by atoms with Gasteiger partial charge in [-0.3, -0.25) is 4.72 Å². The lowest BCUT2D eigenvalue weighted by Gasteiger charge is -2.13. The van der Waals surface area contributed by atoms with Crippen molar-refractivity contribution in [1.82, 2.24) is 4.98 Å². The van der Waals surface area contributed by atoms with Crippen LogP contribution >= 0.6 is 11.3 Å². The first-order valence-electron chi connectivity index (χ1n) is 8.49. The number of fused-ring (bicyclic) bond motifs is 1. The molecule has 0 amide bonds. The predicted octanol–water partition coefficient (Wildman–Crippen LogP) is 5.38. The van der Waals surface area contributed by atoms with Crippen LogP contribution in [0, 0.1) is 13.8 Å². The molecule has 0 spiro atoms. The molecule has 0 fully saturated rings. The Morgan fingerprint density at radius 2 is 1.63 bits per heavy atom. The van der Waals surface area contributed by atoms with Crippen molar-refractivity contribution in [2.45, 2.75) is 18.7 Å². The van der Waals surface area contributed by atoms with Crippen LogP contribution in [-0.2, 0) is 10.0 Å². The van der Waals surface area contributed by atoms with E-state index < -0.39 is 10.0 Å². The number of nitrogens with one attached hydrogen (secondary N) is 1. The van der Waals surface area contributed by atoms with Crippen molar-refractivity contribution < 1.29 is 8.42 Å². The van der Waals surface area contributed by atoms with E-state index in [0.29, 0.717) is 5.69 Å². The van der Waals surface area contributed by atoms with E-state index in [1.165, 1.54) is 0 Å². The van der Waals surface area contributed by atoms with Crippen molar-refractivity contribution in [3.8, 4) is 10.6 Å². The van der Waals surface area contributed by atoms with Gasteiger partial charge >= 0.3 is 0 Å². The van der Waals surface area contributed by atoms with Gasteiger partial charge in [-0.25, -0.2) is 13.4 Å². The van der Waals surface area contributed by atoms with Crippen molar-refractivity contribution in [1.29, 1.82) is 0 Å². The molecule has 0 saturated carbocycles. The van der Waals surface area contributed by atoms with Crippen LogP contribution in [0.1, 0.15) is 11.1 Å². The summed E-state index contributed by atoms with van der Waals surface area (Å²) in [6.45, 7) is 3.84. The molecule has 0 atom stereocenters. The lowest BCUT2D eigenvalue weighted by atomic mass is 10.1. The molecule has 0 aliphatic carbocycles. The lowest BCUT2D eigenvalue weighted by molar-refractivity contribution is 0.601. The number of aromatic nitrogens is 1. The van der Waals surface area contributed by atoms with Gasteiger partial charge in [-0.15, -0.1) is 11.3 Å². The van der Waals surface area contributed by atoms with Crippen LogP contribution in [-0.4, -0.2) is 13.4 Å². The van der Waals surface area contributed by atoms with E-state index in [1.54, 1.807) is 41.7 Å². The minimum atomic E-state index is -3.64. The average Bonchev–Trinajstić information content (AvgIpc) is 3.07. The predicted molar refractivity (Wildman–Crippen MR) is 112 cm³/mol.